The minimum Gasteiger partial charge on any atom is -0.207 e. The van der Waals surface area contributed by atoms with E-state index in [9.17, 15) is 4.39 Å². The van der Waals surface area contributed by atoms with Crippen LogP contribution in [0.25, 0.3) is 0 Å². The molecule has 1 aromatic carbocycles. The van der Waals surface area contributed by atoms with Crippen LogP contribution >= 0.6 is 0 Å². The zero-order valence-corrected chi connectivity index (χ0v) is 16.4. The monoisotopic (exact) mass is 365 g/mol. The summed E-state index contributed by atoms with van der Waals surface area (Å²) in [6.45, 7) is 4.53. The first-order valence-corrected chi connectivity index (χ1v) is 10.7. The first-order valence-electron chi connectivity index (χ1n) is 10.7. The summed E-state index contributed by atoms with van der Waals surface area (Å²) < 4.78 is 13.1. The minimum atomic E-state index is -0.141. The van der Waals surface area contributed by atoms with Gasteiger partial charge in [-0.05, 0) is 106 Å². The zero-order valence-electron chi connectivity index (χ0n) is 16.4. The summed E-state index contributed by atoms with van der Waals surface area (Å²) in [6, 6.07) is 9.18. The molecular weight excluding hydrogens is 333 g/mol. The summed E-state index contributed by atoms with van der Waals surface area (Å²) in [6.07, 6.45) is 16.0. The Morgan fingerprint density at radius 3 is 2.19 bits per heavy atom. The highest BCUT2D eigenvalue weighted by Crippen LogP contribution is 2.44. The van der Waals surface area contributed by atoms with Crippen LogP contribution in [0.15, 0.2) is 48.6 Å². The number of halogens is 1. The third-order valence-electron chi connectivity index (χ3n) is 6.90. The summed E-state index contributed by atoms with van der Waals surface area (Å²) in [7, 11) is 0. The standard InChI is InChI=1S/C25H32FN/c1-19(21-8-6-20(7-9-21)5-3-2-4-18-27)22-10-12-23(13-11-22)24-14-16-25(26)17-15-24/h2,4,14-17,20-23H,1,3,5-13H2/b4-2+. The Morgan fingerprint density at radius 1 is 1.00 bits per heavy atom. The Balaban J connectivity index is 1.41. The van der Waals surface area contributed by atoms with E-state index in [0.717, 1.165) is 12.3 Å². The normalized spacial score (nSPS) is 28.7. The number of hydrogen-bond acceptors (Lipinski definition) is 1. The molecule has 0 aromatic heterocycles. The van der Waals surface area contributed by atoms with E-state index in [-0.39, 0.29) is 5.82 Å². The molecule has 0 spiro atoms. The number of rotatable bonds is 6. The molecule has 27 heavy (non-hydrogen) atoms. The lowest BCUT2D eigenvalue weighted by atomic mass is 9.69. The van der Waals surface area contributed by atoms with Crippen molar-refractivity contribution in [3.8, 4) is 6.07 Å². The summed E-state index contributed by atoms with van der Waals surface area (Å²) >= 11 is 0. The van der Waals surface area contributed by atoms with Gasteiger partial charge in [-0.2, -0.15) is 5.26 Å². The second-order valence-corrected chi connectivity index (χ2v) is 8.50. The third kappa shape index (κ3) is 5.55. The summed E-state index contributed by atoms with van der Waals surface area (Å²) in [5, 5.41) is 8.55. The van der Waals surface area contributed by atoms with Crippen molar-refractivity contribution >= 4 is 0 Å². The molecule has 0 radical (unpaired) electrons. The van der Waals surface area contributed by atoms with E-state index >= 15 is 0 Å². The highest BCUT2D eigenvalue weighted by molar-refractivity contribution is 5.22. The van der Waals surface area contributed by atoms with Crippen molar-refractivity contribution in [2.75, 3.05) is 0 Å². The maximum Gasteiger partial charge on any atom is 0.123 e. The average molecular weight is 366 g/mol. The zero-order chi connectivity index (χ0) is 19.1. The van der Waals surface area contributed by atoms with Crippen molar-refractivity contribution in [1.82, 2.24) is 0 Å². The molecule has 0 unspecified atom stereocenters. The summed E-state index contributed by atoms with van der Waals surface area (Å²) in [5.74, 6) is 2.67. The first kappa shape index (κ1) is 19.9. The highest BCUT2D eigenvalue weighted by atomic mass is 19.1. The number of nitrogens with zero attached hydrogens (tertiary/aromatic N) is 1. The van der Waals surface area contributed by atoms with Crippen molar-refractivity contribution < 1.29 is 4.39 Å². The Hall–Kier alpha value is -1.88. The average Bonchev–Trinajstić information content (AvgIpc) is 2.72. The topological polar surface area (TPSA) is 23.8 Å². The molecule has 0 aliphatic heterocycles. The van der Waals surface area contributed by atoms with Crippen molar-refractivity contribution in [3.63, 3.8) is 0 Å². The fourth-order valence-corrected chi connectivity index (χ4v) is 5.16. The highest BCUT2D eigenvalue weighted by Gasteiger charge is 2.29. The van der Waals surface area contributed by atoms with E-state index in [4.69, 9.17) is 5.26 Å². The van der Waals surface area contributed by atoms with Gasteiger partial charge in [-0.15, -0.1) is 0 Å². The molecule has 3 rings (SSSR count). The molecule has 1 nitrogen and oxygen atoms in total. The lowest BCUT2D eigenvalue weighted by Crippen LogP contribution is -2.22. The summed E-state index contributed by atoms with van der Waals surface area (Å²) in [4.78, 5) is 0. The molecule has 0 amide bonds. The van der Waals surface area contributed by atoms with Gasteiger partial charge in [0.15, 0.2) is 0 Å². The number of hydrogen-bond donors (Lipinski definition) is 0. The predicted octanol–water partition coefficient (Wildman–Crippen LogP) is 7.32. The Morgan fingerprint density at radius 2 is 1.59 bits per heavy atom. The van der Waals surface area contributed by atoms with Crippen LogP contribution in [0.5, 0.6) is 0 Å². The van der Waals surface area contributed by atoms with E-state index in [2.05, 4.69) is 12.6 Å². The van der Waals surface area contributed by atoms with Crippen LogP contribution in [0.1, 0.15) is 75.7 Å². The van der Waals surface area contributed by atoms with Crippen molar-refractivity contribution in [2.45, 2.75) is 70.1 Å². The van der Waals surface area contributed by atoms with E-state index in [1.165, 1.54) is 68.9 Å². The Bertz CT molecular complexity index is 665. The first-order chi connectivity index (χ1) is 13.2. The summed E-state index contributed by atoms with van der Waals surface area (Å²) in [5.41, 5.74) is 2.81. The quantitative estimate of drug-likeness (QED) is 0.382. The van der Waals surface area contributed by atoms with Gasteiger partial charge in [0.1, 0.15) is 5.82 Å². The van der Waals surface area contributed by atoms with Crippen molar-refractivity contribution in [2.24, 2.45) is 17.8 Å². The fourth-order valence-electron chi connectivity index (χ4n) is 5.16. The van der Waals surface area contributed by atoms with Crippen LogP contribution in [-0.2, 0) is 0 Å². The molecular formula is C25H32FN. The SMILES string of the molecule is C=C(C1CCC(CC/C=C/C#N)CC1)C1CCC(c2ccc(F)cc2)CC1. The van der Waals surface area contributed by atoms with Crippen LogP contribution in [0.3, 0.4) is 0 Å². The molecule has 0 heterocycles. The maximum atomic E-state index is 13.1. The van der Waals surface area contributed by atoms with Gasteiger partial charge >= 0.3 is 0 Å². The predicted molar refractivity (Wildman–Crippen MR) is 110 cm³/mol. The van der Waals surface area contributed by atoms with E-state index in [0.29, 0.717) is 17.8 Å². The van der Waals surface area contributed by atoms with Gasteiger partial charge < -0.3 is 0 Å². The molecule has 2 heteroatoms. The van der Waals surface area contributed by atoms with E-state index < -0.39 is 0 Å². The van der Waals surface area contributed by atoms with Crippen molar-refractivity contribution in [1.29, 1.82) is 5.26 Å². The Labute approximate surface area is 164 Å². The third-order valence-corrected chi connectivity index (χ3v) is 6.90. The molecule has 0 N–H and O–H groups in total. The fraction of sp³-hybridized carbons (Fsp3) is 0.560. The molecule has 2 aliphatic rings. The van der Waals surface area contributed by atoms with Gasteiger partial charge in [0.05, 0.1) is 6.07 Å². The lowest BCUT2D eigenvalue weighted by Gasteiger charge is -2.36. The van der Waals surface area contributed by atoms with Gasteiger partial charge in [0.25, 0.3) is 0 Å². The Kier molecular flexibility index (Phi) is 7.27. The molecule has 0 atom stereocenters. The molecule has 2 saturated carbocycles. The van der Waals surface area contributed by atoms with Crippen LogP contribution in [0.2, 0.25) is 0 Å². The molecule has 2 fully saturated rings. The number of allylic oxidation sites excluding steroid dienone is 3. The van der Waals surface area contributed by atoms with Gasteiger partial charge in [0, 0.05) is 6.08 Å². The van der Waals surface area contributed by atoms with Crippen LogP contribution in [0, 0.1) is 34.9 Å². The second kappa shape index (κ2) is 9.88. The molecule has 0 saturated heterocycles. The van der Waals surface area contributed by atoms with Gasteiger partial charge in [-0.3, -0.25) is 0 Å². The number of benzene rings is 1. The molecule has 2 aliphatic carbocycles. The van der Waals surface area contributed by atoms with Gasteiger partial charge in [0.2, 0.25) is 0 Å². The smallest absolute Gasteiger partial charge is 0.123 e. The molecule has 1 aromatic rings. The van der Waals surface area contributed by atoms with Gasteiger partial charge in [-0.1, -0.05) is 30.4 Å². The van der Waals surface area contributed by atoms with Crippen molar-refractivity contribution in [3.05, 3.63) is 60.0 Å². The maximum absolute atomic E-state index is 13.1. The lowest BCUT2D eigenvalue weighted by molar-refractivity contribution is 0.260. The van der Waals surface area contributed by atoms with Gasteiger partial charge in [-0.25, -0.2) is 4.39 Å². The minimum absolute atomic E-state index is 0.141. The van der Waals surface area contributed by atoms with E-state index in [1.807, 2.05) is 18.2 Å². The van der Waals surface area contributed by atoms with E-state index in [1.54, 1.807) is 18.2 Å². The molecule has 144 valence electrons. The second-order valence-electron chi connectivity index (χ2n) is 8.50. The van der Waals surface area contributed by atoms with Crippen LogP contribution < -0.4 is 0 Å². The van der Waals surface area contributed by atoms with Crippen LogP contribution in [-0.4, -0.2) is 0 Å². The number of nitriles is 1. The molecule has 0 bridgehead atoms. The van der Waals surface area contributed by atoms with Crippen LogP contribution in [0.4, 0.5) is 4.39 Å². The largest absolute Gasteiger partial charge is 0.207 e.